The van der Waals surface area contributed by atoms with Gasteiger partial charge in [0.05, 0.1) is 42.0 Å². The Labute approximate surface area is 420 Å². The number of aromatic hydroxyl groups is 3. The third-order valence-corrected chi connectivity index (χ3v) is 15.3. The van der Waals surface area contributed by atoms with Crippen LogP contribution in [0.3, 0.4) is 0 Å². The van der Waals surface area contributed by atoms with E-state index in [1.165, 1.54) is 38.7 Å². The summed E-state index contributed by atoms with van der Waals surface area (Å²) in [6, 6.07) is 26.5. The van der Waals surface area contributed by atoms with E-state index in [1.54, 1.807) is 11.0 Å². The van der Waals surface area contributed by atoms with Gasteiger partial charge in [0.1, 0.15) is 23.9 Å². The summed E-state index contributed by atoms with van der Waals surface area (Å²) in [6.07, 6.45) is 3.27. The first-order valence-corrected chi connectivity index (χ1v) is 25.1. The number of ether oxygens (including phenoxy) is 1. The number of anilines is 2. The molecule has 374 valence electrons. The Bertz CT molecular complexity index is 3010. The van der Waals surface area contributed by atoms with Crippen LogP contribution in [0.4, 0.5) is 11.5 Å². The number of phenolic OH excluding ortho intramolecular Hbond substituents is 2. The van der Waals surface area contributed by atoms with Gasteiger partial charge < -0.3 is 34.8 Å². The Morgan fingerprint density at radius 2 is 1.68 bits per heavy atom. The maximum Gasteiger partial charge on any atom is 0.319 e. The summed E-state index contributed by atoms with van der Waals surface area (Å²) in [7, 11) is 2.18. The lowest BCUT2D eigenvalue weighted by atomic mass is 9.98. The molecule has 17 nitrogen and oxygen atoms in total. The van der Waals surface area contributed by atoms with Gasteiger partial charge in [-0.3, -0.25) is 19.5 Å². The van der Waals surface area contributed by atoms with E-state index < -0.39 is 0 Å². The summed E-state index contributed by atoms with van der Waals surface area (Å²) < 4.78 is 8.14. The molecule has 10 rings (SSSR count). The van der Waals surface area contributed by atoms with Crippen molar-refractivity contribution in [2.75, 3.05) is 82.4 Å². The predicted octanol–water partition coefficient (Wildman–Crippen LogP) is 6.38. The van der Waals surface area contributed by atoms with Gasteiger partial charge in [-0.05, 0) is 85.1 Å². The Morgan fingerprint density at radius 3 is 2.43 bits per heavy atom. The van der Waals surface area contributed by atoms with E-state index in [0.717, 1.165) is 81.3 Å². The average Bonchev–Trinajstić information content (AvgIpc) is 3.96. The highest BCUT2D eigenvalue weighted by Crippen LogP contribution is 2.40. The molecule has 6 heterocycles. The predicted molar refractivity (Wildman–Crippen MR) is 277 cm³/mol. The summed E-state index contributed by atoms with van der Waals surface area (Å²) >= 11 is 0. The number of hydrogen-bond acceptors (Lipinski definition) is 15. The molecule has 4 aliphatic rings. The average molecular weight is 973 g/mol. The lowest BCUT2D eigenvalue weighted by molar-refractivity contribution is -0.128. The third-order valence-electron chi connectivity index (χ3n) is 15.3. The molecular weight excluding hydrogens is 909 g/mol. The van der Waals surface area contributed by atoms with E-state index >= 15 is 0 Å². The number of likely N-dealkylation sites (N-methyl/N-ethyl adjacent to an activating group) is 1. The third kappa shape index (κ3) is 9.61. The van der Waals surface area contributed by atoms with Gasteiger partial charge in [-0.15, -0.1) is 5.10 Å². The van der Waals surface area contributed by atoms with Gasteiger partial charge in [0.15, 0.2) is 5.82 Å². The number of carbonyl (C=O) groups excluding carboxylic acids is 1. The number of benzene rings is 4. The lowest BCUT2D eigenvalue weighted by Gasteiger charge is -2.42. The van der Waals surface area contributed by atoms with Gasteiger partial charge in [-0.1, -0.05) is 68.0 Å². The summed E-state index contributed by atoms with van der Waals surface area (Å²) in [6.45, 7) is 18.7. The summed E-state index contributed by atoms with van der Waals surface area (Å²) in [5.74, 6) is 0.811. The van der Waals surface area contributed by atoms with Crippen molar-refractivity contribution in [2.24, 2.45) is 0 Å². The van der Waals surface area contributed by atoms with Crippen LogP contribution in [0.15, 0.2) is 85.5 Å². The molecule has 0 saturated carbocycles. The number of nitriles is 1. The van der Waals surface area contributed by atoms with Gasteiger partial charge in [0, 0.05) is 100 Å². The van der Waals surface area contributed by atoms with E-state index in [4.69, 9.17) is 14.7 Å². The van der Waals surface area contributed by atoms with E-state index in [1.807, 2.05) is 38.1 Å². The monoisotopic (exact) mass is 973 g/mol. The molecule has 4 aromatic carbocycles. The molecule has 17 heteroatoms. The van der Waals surface area contributed by atoms with Crippen molar-refractivity contribution in [1.29, 1.82) is 5.26 Å². The number of carbonyl (C=O) groups is 1. The number of hydrogen-bond donors (Lipinski definition) is 3. The van der Waals surface area contributed by atoms with Gasteiger partial charge in [-0.2, -0.15) is 15.2 Å². The minimum Gasteiger partial charge on any atom is -0.508 e. The van der Waals surface area contributed by atoms with Gasteiger partial charge in [-0.25, -0.2) is 4.57 Å². The maximum atomic E-state index is 12.8. The Morgan fingerprint density at radius 1 is 0.903 bits per heavy atom. The number of aryl methyl sites for hydroxylation is 1. The second-order valence-corrected chi connectivity index (χ2v) is 20.1. The minimum atomic E-state index is -0.295. The minimum absolute atomic E-state index is 0.00425. The highest BCUT2D eigenvalue weighted by molar-refractivity contribution is 5.97. The van der Waals surface area contributed by atoms with Crippen LogP contribution < -0.4 is 14.5 Å². The van der Waals surface area contributed by atoms with Crippen molar-refractivity contribution in [2.45, 2.75) is 77.2 Å². The summed E-state index contributed by atoms with van der Waals surface area (Å²) in [5, 5.41) is 52.2. The first-order chi connectivity index (χ1) is 34.9. The van der Waals surface area contributed by atoms with Gasteiger partial charge in [0.2, 0.25) is 5.91 Å². The Balaban J connectivity index is 0.792. The molecule has 3 atom stereocenters. The van der Waals surface area contributed by atoms with Crippen LogP contribution in [0, 0.1) is 18.3 Å². The van der Waals surface area contributed by atoms with Crippen molar-refractivity contribution >= 4 is 28.2 Å². The molecule has 0 aliphatic carbocycles. The molecule has 0 radical (unpaired) electrons. The fourth-order valence-electron chi connectivity index (χ4n) is 11.3. The molecule has 3 saturated heterocycles. The molecule has 0 unspecified atom stereocenters. The highest BCUT2D eigenvalue weighted by Gasteiger charge is 2.37. The smallest absolute Gasteiger partial charge is 0.319 e. The van der Waals surface area contributed by atoms with Crippen LogP contribution in [-0.2, 0) is 24.3 Å². The number of amides is 1. The van der Waals surface area contributed by atoms with Crippen molar-refractivity contribution in [3.05, 3.63) is 113 Å². The largest absolute Gasteiger partial charge is 0.508 e. The number of rotatable bonds is 13. The molecule has 2 aromatic heterocycles. The molecule has 72 heavy (non-hydrogen) atoms. The number of phenols is 2. The van der Waals surface area contributed by atoms with Crippen molar-refractivity contribution in [1.82, 2.24) is 44.3 Å². The van der Waals surface area contributed by atoms with E-state index in [9.17, 15) is 25.4 Å². The summed E-state index contributed by atoms with van der Waals surface area (Å²) in [5.41, 5.74) is 7.29. The van der Waals surface area contributed by atoms with Gasteiger partial charge >= 0.3 is 12.0 Å². The van der Waals surface area contributed by atoms with E-state index in [2.05, 4.69) is 97.7 Å². The van der Waals surface area contributed by atoms with Crippen molar-refractivity contribution in [3.8, 4) is 46.7 Å². The van der Waals surface area contributed by atoms with Crippen LogP contribution in [0.2, 0.25) is 0 Å². The number of nitrogens with zero attached hydrogens (tertiary/aromatic N) is 12. The fraction of sp³-hybridized carbons (Fsp3) is 0.418. The van der Waals surface area contributed by atoms with Crippen LogP contribution >= 0.6 is 0 Å². The normalized spacial score (nSPS) is 20.0. The molecule has 0 bridgehead atoms. The Hall–Kier alpha value is -7.26. The van der Waals surface area contributed by atoms with Crippen LogP contribution in [0.25, 0.3) is 27.8 Å². The quantitative estimate of drug-likeness (QED) is 0.108. The van der Waals surface area contributed by atoms with E-state index in [0.29, 0.717) is 61.7 Å². The molecule has 3 N–H and O–H groups in total. The van der Waals surface area contributed by atoms with Crippen molar-refractivity contribution < 1.29 is 24.9 Å². The first-order valence-electron chi connectivity index (χ1n) is 25.1. The van der Waals surface area contributed by atoms with Crippen LogP contribution in [-0.4, -0.2) is 156 Å². The molecule has 0 spiro atoms. The van der Waals surface area contributed by atoms with Crippen LogP contribution in [0.1, 0.15) is 60.6 Å². The second-order valence-electron chi connectivity index (χ2n) is 20.1. The lowest BCUT2D eigenvalue weighted by Crippen LogP contribution is -2.55. The number of piperazine rings is 2. The zero-order valence-corrected chi connectivity index (χ0v) is 41.7. The van der Waals surface area contributed by atoms with E-state index in [-0.39, 0.29) is 53.7 Å². The zero-order chi connectivity index (χ0) is 50.2. The van der Waals surface area contributed by atoms with Crippen LogP contribution in [0.5, 0.6) is 23.5 Å². The molecule has 1 amide bonds. The standard InChI is InChI=1S/C55H64N12O5/c1-6-50(70)66-26-25-65(32-40(66)17-19-56)52-43-18-20-64(47-12-8-11-38-10-7-9-36(4)51(38)47)33-46(43)57-54(58-52)72-34-42-27-41(31-61(42)5)63-23-21-62(22-24-63)30-37-13-15-39(16-14-37)67-53(59-60-55(67)71)45-28-44(35(2)3)48(68)29-49(45)69/h6-16,28-29,35,40-42,68-69H,1,17-18,20-27,30-34H2,2-5H3,(H,60,71)/t40-,41-,42-/m0/s1. The summed E-state index contributed by atoms with van der Waals surface area (Å²) in [4.78, 5) is 37.0. The second kappa shape index (κ2) is 20.5. The topological polar surface area (TPSA) is 187 Å². The van der Waals surface area contributed by atoms with Crippen molar-refractivity contribution in [3.63, 3.8) is 0 Å². The van der Waals surface area contributed by atoms with Gasteiger partial charge in [0.25, 0.3) is 0 Å². The first kappa shape index (κ1) is 48.4. The number of fused-ring (bicyclic) bond motifs is 2. The molecule has 4 aliphatic heterocycles. The number of aromatic nitrogens is 5. The maximum absolute atomic E-state index is 12.8. The SMILES string of the molecule is C=CC(=O)N1CCN(c2nc(OC[C@@H]3C[C@H](N4CCN(Cc5ccc(-n6c(O)nnc6-c6cc(C(C)C)c(O)cc6O)cc5)CC4)CN3C)nc3c2CCN(c2cccc4cccc(C)c24)C3)C[C@@H]1CC#N. The Kier molecular flexibility index (Phi) is 13.7. The molecule has 3 fully saturated rings. The highest BCUT2D eigenvalue weighted by atomic mass is 16.5. The number of likely N-dealkylation sites (tertiary alicyclic amines) is 1. The molecular formula is C55H64N12O5. The zero-order valence-electron chi connectivity index (χ0n) is 41.7. The fourth-order valence-corrected chi connectivity index (χ4v) is 11.3. The molecule has 6 aromatic rings.